The van der Waals surface area contributed by atoms with Gasteiger partial charge in [0, 0.05) is 10.2 Å². The summed E-state index contributed by atoms with van der Waals surface area (Å²) in [5, 5.41) is 2.78. The van der Waals surface area contributed by atoms with E-state index in [1.54, 1.807) is 4.90 Å². The van der Waals surface area contributed by atoms with Crippen molar-refractivity contribution in [2.75, 3.05) is 11.4 Å². The van der Waals surface area contributed by atoms with E-state index in [2.05, 4.69) is 21.2 Å². The van der Waals surface area contributed by atoms with Crippen molar-refractivity contribution in [3.05, 3.63) is 28.7 Å². The first-order valence-corrected chi connectivity index (χ1v) is 6.94. The Hall–Kier alpha value is -1.36. The molecule has 1 N–H and O–H groups in total. The van der Waals surface area contributed by atoms with Crippen molar-refractivity contribution >= 4 is 33.4 Å². The van der Waals surface area contributed by atoms with E-state index in [1.807, 2.05) is 45.0 Å². The molecule has 19 heavy (non-hydrogen) atoms. The molecule has 0 spiro atoms. The van der Waals surface area contributed by atoms with E-state index in [4.69, 9.17) is 0 Å². The number of benzene rings is 1. The second kappa shape index (κ2) is 4.96. The molecule has 2 amide bonds. The molecule has 1 aromatic rings. The van der Waals surface area contributed by atoms with Crippen molar-refractivity contribution in [1.82, 2.24) is 5.32 Å². The number of carbonyl (C=O) groups excluding carboxylic acids is 2. The quantitative estimate of drug-likeness (QED) is 0.861. The van der Waals surface area contributed by atoms with Gasteiger partial charge in [0.1, 0.15) is 12.6 Å². The highest BCUT2D eigenvalue weighted by Crippen LogP contribution is 2.27. The molecule has 1 atom stereocenters. The number of anilines is 1. The van der Waals surface area contributed by atoms with E-state index in [1.165, 1.54) is 0 Å². The maximum atomic E-state index is 12.5. The average molecular weight is 325 g/mol. The van der Waals surface area contributed by atoms with E-state index >= 15 is 0 Å². The summed E-state index contributed by atoms with van der Waals surface area (Å²) in [5.41, 5.74) is 0.443. The van der Waals surface area contributed by atoms with E-state index in [9.17, 15) is 9.59 Å². The Morgan fingerprint density at radius 2 is 1.79 bits per heavy atom. The molecule has 102 valence electrons. The van der Waals surface area contributed by atoms with Crippen LogP contribution in [-0.2, 0) is 9.59 Å². The smallest absolute Gasteiger partial charge is 0.250 e. The van der Waals surface area contributed by atoms with E-state index in [0.29, 0.717) is 0 Å². The number of halogens is 1. The summed E-state index contributed by atoms with van der Waals surface area (Å²) in [5.74, 6) is -0.183. The van der Waals surface area contributed by atoms with Crippen molar-refractivity contribution in [2.24, 2.45) is 5.41 Å². The summed E-state index contributed by atoms with van der Waals surface area (Å²) in [7, 11) is 0. The van der Waals surface area contributed by atoms with Crippen LogP contribution in [0, 0.1) is 5.41 Å². The molecule has 1 aliphatic heterocycles. The number of carbonyl (C=O) groups is 2. The summed E-state index contributed by atoms with van der Waals surface area (Å²) in [4.78, 5) is 25.8. The van der Waals surface area contributed by atoms with Crippen LogP contribution in [0.2, 0.25) is 0 Å². The maximum absolute atomic E-state index is 12.5. The monoisotopic (exact) mass is 324 g/mol. The lowest BCUT2D eigenvalue weighted by molar-refractivity contribution is -0.133. The highest BCUT2D eigenvalue weighted by Gasteiger charge is 2.40. The van der Waals surface area contributed by atoms with Crippen molar-refractivity contribution in [3.63, 3.8) is 0 Å². The highest BCUT2D eigenvalue weighted by atomic mass is 79.9. The number of nitrogens with one attached hydrogen (secondary N) is 1. The minimum atomic E-state index is -0.489. The van der Waals surface area contributed by atoms with Crippen LogP contribution in [0.4, 0.5) is 5.69 Å². The van der Waals surface area contributed by atoms with Gasteiger partial charge in [-0.2, -0.15) is 0 Å². The fourth-order valence-electron chi connectivity index (χ4n) is 2.07. The van der Waals surface area contributed by atoms with E-state index in [-0.39, 0.29) is 23.8 Å². The van der Waals surface area contributed by atoms with E-state index < -0.39 is 6.04 Å². The standard InChI is InChI=1S/C14H17BrN2O2/c1-14(2,3)12-13(19)17(8-11(18)16-12)10-6-4-9(15)5-7-10/h4-7,12H,8H2,1-3H3,(H,16,18). The second-order valence-corrected chi connectivity index (χ2v) is 6.68. The molecular formula is C14H17BrN2O2. The van der Waals surface area contributed by atoms with Gasteiger partial charge in [-0.3, -0.25) is 9.59 Å². The van der Waals surface area contributed by atoms with Crippen LogP contribution >= 0.6 is 15.9 Å². The minimum absolute atomic E-state index is 0.0607. The third kappa shape index (κ3) is 2.97. The number of nitrogens with zero attached hydrogens (tertiary/aromatic N) is 1. The van der Waals surface area contributed by atoms with Crippen molar-refractivity contribution in [2.45, 2.75) is 26.8 Å². The van der Waals surface area contributed by atoms with Crippen LogP contribution in [0.15, 0.2) is 28.7 Å². The number of hydrogen-bond acceptors (Lipinski definition) is 2. The van der Waals surface area contributed by atoms with Crippen LogP contribution in [0.5, 0.6) is 0 Å². The summed E-state index contributed by atoms with van der Waals surface area (Å²) < 4.78 is 0.942. The normalized spacial score (nSPS) is 20.4. The summed E-state index contributed by atoms with van der Waals surface area (Å²) in [6, 6.07) is 6.90. The largest absolute Gasteiger partial charge is 0.342 e. The summed E-state index contributed by atoms with van der Waals surface area (Å²) in [6.45, 7) is 5.91. The van der Waals surface area contributed by atoms with Gasteiger partial charge in [0.25, 0.3) is 5.91 Å². The topological polar surface area (TPSA) is 49.4 Å². The third-order valence-electron chi connectivity index (χ3n) is 3.12. The molecule has 0 aliphatic carbocycles. The first-order valence-electron chi connectivity index (χ1n) is 6.15. The Morgan fingerprint density at radius 1 is 1.21 bits per heavy atom. The Labute approximate surface area is 121 Å². The molecule has 0 saturated carbocycles. The van der Waals surface area contributed by atoms with Gasteiger partial charge >= 0.3 is 0 Å². The zero-order valence-corrected chi connectivity index (χ0v) is 12.8. The van der Waals surface area contributed by atoms with Gasteiger partial charge in [-0.1, -0.05) is 36.7 Å². The molecule has 1 aliphatic rings. The molecule has 1 heterocycles. The number of amides is 2. The number of piperazine rings is 1. The Balaban J connectivity index is 2.32. The maximum Gasteiger partial charge on any atom is 0.250 e. The summed E-state index contributed by atoms with van der Waals surface area (Å²) in [6.07, 6.45) is 0. The highest BCUT2D eigenvalue weighted by molar-refractivity contribution is 9.10. The molecule has 5 heteroatoms. The molecule has 1 saturated heterocycles. The number of hydrogen-bond donors (Lipinski definition) is 1. The van der Waals surface area contributed by atoms with Crippen LogP contribution in [-0.4, -0.2) is 24.4 Å². The first-order chi connectivity index (χ1) is 8.79. The van der Waals surface area contributed by atoms with Gasteiger partial charge in [-0.25, -0.2) is 0 Å². The molecule has 2 rings (SSSR count). The average Bonchev–Trinajstić information content (AvgIpc) is 2.31. The van der Waals surface area contributed by atoms with Gasteiger partial charge in [-0.05, 0) is 29.7 Å². The van der Waals surface area contributed by atoms with Crippen molar-refractivity contribution in [1.29, 1.82) is 0 Å². The fourth-order valence-corrected chi connectivity index (χ4v) is 2.34. The fraction of sp³-hybridized carbons (Fsp3) is 0.429. The Morgan fingerprint density at radius 3 is 2.32 bits per heavy atom. The minimum Gasteiger partial charge on any atom is -0.342 e. The predicted molar refractivity (Wildman–Crippen MR) is 77.9 cm³/mol. The van der Waals surface area contributed by atoms with Gasteiger partial charge in [0.05, 0.1) is 0 Å². The Kier molecular flexibility index (Phi) is 3.67. The lowest BCUT2D eigenvalue weighted by Gasteiger charge is -2.38. The molecule has 0 bridgehead atoms. The predicted octanol–water partition coefficient (Wildman–Crippen LogP) is 2.33. The third-order valence-corrected chi connectivity index (χ3v) is 3.65. The van der Waals surface area contributed by atoms with Crippen LogP contribution in [0.3, 0.4) is 0 Å². The molecule has 4 nitrogen and oxygen atoms in total. The molecule has 0 aromatic heterocycles. The molecule has 1 unspecified atom stereocenters. The lowest BCUT2D eigenvalue weighted by atomic mass is 9.84. The molecule has 1 aromatic carbocycles. The lowest BCUT2D eigenvalue weighted by Crippen LogP contribution is -2.62. The van der Waals surface area contributed by atoms with E-state index in [0.717, 1.165) is 10.2 Å². The van der Waals surface area contributed by atoms with Crippen LogP contribution in [0.1, 0.15) is 20.8 Å². The van der Waals surface area contributed by atoms with Crippen molar-refractivity contribution in [3.8, 4) is 0 Å². The Bertz CT molecular complexity index is 505. The molecular weight excluding hydrogens is 308 g/mol. The summed E-state index contributed by atoms with van der Waals surface area (Å²) >= 11 is 3.36. The molecule has 0 radical (unpaired) electrons. The van der Waals surface area contributed by atoms with Gasteiger partial charge in [-0.15, -0.1) is 0 Å². The zero-order valence-electron chi connectivity index (χ0n) is 11.2. The number of rotatable bonds is 1. The van der Waals surface area contributed by atoms with Crippen LogP contribution < -0.4 is 10.2 Å². The second-order valence-electron chi connectivity index (χ2n) is 5.77. The van der Waals surface area contributed by atoms with Crippen molar-refractivity contribution < 1.29 is 9.59 Å². The van der Waals surface area contributed by atoms with Gasteiger partial charge < -0.3 is 10.2 Å². The van der Waals surface area contributed by atoms with Crippen LogP contribution in [0.25, 0.3) is 0 Å². The SMILES string of the molecule is CC(C)(C)C1NC(=O)CN(c2ccc(Br)cc2)C1=O. The molecule has 1 fully saturated rings. The van der Waals surface area contributed by atoms with Gasteiger partial charge in [0.2, 0.25) is 5.91 Å². The van der Waals surface area contributed by atoms with Gasteiger partial charge in [0.15, 0.2) is 0 Å². The zero-order chi connectivity index (χ0) is 14.2. The first kappa shape index (κ1) is 14.1.